The summed E-state index contributed by atoms with van der Waals surface area (Å²) in [5.74, 6) is 0.239. The van der Waals surface area contributed by atoms with Crippen molar-refractivity contribution >= 4 is 23.4 Å². The first-order chi connectivity index (χ1) is 11.1. The van der Waals surface area contributed by atoms with Crippen LogP contribution in [0.2, 0.25) is 5.02 Å². The lowest BCUT2D eigenvalue weighted by molar-refractivity contribution is -0.125. The van der Waals surface area contributed by atoms with Crippen molar-refractivity contribution in [3.8, 4) is 5.75 Å². The fraction of sp³-hybridized carbons (Fsp3) is 0.529. The molecule has 5 nitrogen and oxygen atoms in total. The number of ether oxygens (including phenoxy) is 1. The van der Waals surface area contributed by atoms with E-state index >= 15 is 0 Å². The normalized spacial score (nSPS) is 17.7. The Morgan fingerprint density at radius 1 is 1.43 bits per heavy atom. The predicted molar refractivity (Wildman–Crippen MR) is 89.9 cm³/mol. The van der Waals surface area contributed by atoms with Crippen LogP contribution in [0.4, 0.5) is 0 Å². The minimum Gasteiger partial charge on any atom is -0.493 e. The molecule has 1 aromatic carbocycles. The number of likely N-dealkylation sites (tertiary alicyclic amines) is 1. The first-order valence-corrected chi connectivity index (χ1v) is 8.37. The number of rotatable bonds is 5. The van der Waals surface area contributed by atoms with Crippen LogP contribution in [0.3, 0.4) is 0 Å². The van der Waals surface area contributed by atoms with Gasteiger partial charge in [0.25, 0.3) is 5.91 Å². The molecule has 0 aliphatic carbocycles. The quantitative estimate of drug-likeness (QED) is 0.898. The molecule has 1 aliphatic heterocycles. The lowest BCUT2D eigenvalue weighted by Crippen LogP contribution is -2.44. The third kappa shape index (κ3) is 4.38. The van der Waals surface area contributed by atoms with Gasteiger partial charge in [-0.25, -0.2) is 0 Å². The van der Waals surface area contributed by atoms with Gasteiger partial charge < -0.3 is 15.0 Å². The molecule has 1 unspecified atom stereocenters. The van der Waals surface area contributed by atoms with Crippen LogP contribution in [0, 0.1) is 5.92 Å². The molecule has 1 N–H and O–H groups in total. The van der Waals surface area contributed by atoms with Crippen molar-refractivity contribution < 1.29 is 14.3 Å². The van der Waals surface area contributed by atoms with Crippen LogP contribution >= 0.6 is 11.6 Å². The second-order valence-electron chi connectivity index (χ2n) is 5.69. The number of carbonyl (C=O) groups is 2. The number of halogens is 1. The SMILES string of the molecule is CCCOc1ccc(Cl)cc1C(=O)N1CCCC(C(=O)NC)C1. The Morgan fingerprint density at radius 2 is 2.22 bits per heavy atom. The molecule has 0 bridgehead atoms. The summed E-state index contributed by atoms with van der Waals surface area (Å²) in [4.78, 5) is 26.4. The number of hydrogen-bond donors (Lipinski definition) is 1. The number of nitrogens with zero attached hydrogens (tertiary/aromatic N) is 1. The van der Waals surface area contributed by atoms with E-state index in [-0.39, 0.29) is 17.7 Å². The maximum Gasteiger partial charge on any atom is 0.257 e. The zero-order valence-corrected chi connectivity index (χ0v) is 14.4. The van der Waals surface area contributed by atoms with Gasteiger partial charge in [0.05, 0.1) is 18.1 Å². The molecular formula is C17H23ClN2O3. The molecule has 2 rings (SSSR count). The molecular weight excluding hydrogens is 316 g/mol. The number of amides is 2. The smallest absolute Gasteiger partial charge is 0.257 e. The van der Waals surface area contributed by atoms with Crippen molar-refractivity contribution in [1.29, 1.82) is 0 Å². The highest BCUT2D eigenvalue weighted by molar-refractivity contribution is 6.31. The average Bonchev–Trinajstić information content (AvgIpc) is 2.59. The van der Waals surface area contributed by atoms with Gasteiger partial charge in [-0.05, 0) is 37.5 Å². The zero-order chi connectivity index (χ0) is 16.8. The van der Waals surface area contributed by atoms with E-state index in [0.717, 1.165) is 19.3 Å². The van der Waals surface area contributed by atoms with Crippen LogP contribution in [0.1, 0.15) is 36.5 Å². The van der Waals surface area contributed by atoms with Gasteiger partial charge in [0, 0.05) is 25.2 Å². The molecule has 0 saturated carbocycles. The molecule has 2 amide bonds. The molecule has 0 spiro atoms. The van der Waals surface area contributed by atoms with Crippen LogP contribution in [-0.4, -0.2) is 43.5 Å². The minimum absolute atomic E-state index is 0.0175. The number of nitrogens with one attached hydrogen (secondary N) is 1. The molecule has 1 heterocycles. The molecule has 1 aliphatic rings. The highest BCUT2D eigenvalue weighted by Gasteiger charge is 2.29. The van der Waals surface area contributed by atoms with Gasteiger partial charge in [-0.1, -0.05) is 18.5 Å². The lowest BCUT2D eigenvalue weighted by atomic mass is 9.96. The summed E-state index contributed by atoms with van der Waals surface area (Å²) in [5, 5.41) is 3.16. The third-order valence-electron chi connectivity index (χ3n) is 3.96. The van der Waals surface area contributed by atoms with E-state index < -0.39 is 0 Å². The van der Waals surface area contributed by atoms with Gasteiger partial charge >= 0.3 is 0 Å². The molecule has 126 valence electrons. The summed E-state index contributed by atoms with van der Waals surface area (Å²) < 4.78 is 5.66. The average molecular weight is 339 g/mol. The van der Waals surface area contributed by atoms with Crippen LogP contribution in [0.25, 0.3) is 0 Å². The summed E-state index contributed by atoms with van der Waals surface area (Å²) in [7, 11) is 1.62. The Balaban J connectivity index is 2.18. The van der Waals surface area contributed by atoms with Crippen LogP contribution in [0.15, 0.2) is 18.2 Å². The molecule has 1 fully saturated rings. The lowest BCUT2D eigenvalue weighted by Gasteiger charge is -2.32. The molecule has 1 aromatic rings. The van der Waals surface area contributed by atoms with Gasteiger partial charge in [0.1, 0.15) is 5.75 Å². The van der Waals surface area contributed by atoms with Gasteiger partial charge in [0.15, 0.2) is 0 Å². The Hall–Kier alpha value is -1.75. The monoisotopic (exact) mass is 338 g/mol. The van der Waals surface area contributed by atoms with E-state index in [1.165, 1.54) is 0 Å². The number of benzene rings is 1. The number of carbonyl (C=O) groups excluding carboxylic acids is 2. The molecule has 1 saturated heterocycles. The van der Waals surface area contributed by atoms with Crippen LogP contribution < -0.4 is 10.1 Å². The van der Waals surface area contributed by atoms with E-state index in [0.29, 0.717) is 36.0 Å². The van der Waals surface area contributed by atoms with E-state index in [4.69, 9.17) is 16.3 Å². The van der Waals surface area contributed by atoms with E-state index in [1.807, 2.05) is 6.92 Å². The highest BCUT2D eigenvalue weighted by atomic mass is 35.5. The Kier molecular flexibility index (Phi) is 6.28. The Labute approximate surface area is 141 Å². The van der Waals surface area contributed by atoms with Crippen molar-refractivity contribution in [1.82, 2.24) is 10.2 Å². The first-order valence-electron chi connectivity index (χ1n) is 8.00. The topological polar surface area (TPSA) is 58.6 Å². The fourth-order valence-electron chi connectivity index (χ4n) is 2.76. The van der Waals surface area contributed by atoms with Gasteiger partial charge in [-0.2, -0.15) is 0 Å². The van der Waals surface area contributed by atoms with E-state index in [2.05, 4.69) is 5.32 Å². The molecule has 23 heavy (non-hydrogen) atoms. The summed E-state index contributed by atoms with van der Waals surface area (Å²) in [6.07, 6.45) is 2.48. The van der Waals surface area contributed by atoms with Crippen molar-refractivity contribution in [2.24, 2.45) is 5.92 Å². The Morgan fingerprint density at radius 3 is 2.91 bits per heavy atom. The summed E-state index contributed by atoms with van der Waals surface area (Å²) >= 11 is 6.05. The highest BCUT2D eigenvalue weighted by Crippen LogP contribution is 2.27. The van der Waals surface area contributed by atoms with Crippen LogP contribution in [0.5, 0.6) is 5.75 Å². The summed E-state index contributed by atoms with van der Waals surface area (Å²) in [6, 6.07) is 5.08. The van der Waals surface area contributed by atoms with Crippen molar-refractivity contribution in [2.45, 2.75) is 26.2 Å². The van der Waals surface area contributed by atoms with E-state index in [1.54, 1.807) is 30.1 Å². The Bertz CT molecular complexity index is 577. The minimum atomic E-state index is -0.156. The third-order valence-corrected chi connectivity index (χ3v) is 4.19. The largest absolute Gasteiger partial charge is 0.493 e. The molecule has 0 aromatic heterocycles. The van der Waals surface area contributed by atoms with Crippen LogP contribution in [-0.2, 0) is 4.79 Å². The summed E-state index contributed by atoms with van der Waals surface area (Å²) in [6.45, 7) is 3.63. The number of hydrogen-bond acceptors (Lipinski definition) is 3. The fourth-order valence-corrected chi connectivity index (χ4v) is 2.93. The van der Waals surface area contributed by atoms with Crippen molar-refractivity contribution in [3.63, 3.8) is 0 Å². The standard InChI is InChI=1S/C17H23ClN2O3/c1-3-9-23-15-7-6-13(18)10-14(15)17(22)20-8-4-5-12(11-20)16(21)19-2/h6-7,10,12H,3-5,8-9,11H2,1-2H3,(H,19,21). The first kappa shape index (κ1) is 17.6. The maximum atomic E-state index is 12.8. The van der Waals surface area contributed by atoms with Gasteiger partial charge in [-0.3, -0.25) is 9.59 Å². The van der Waals surface area contributed by atoms with Gasteiger partial charge in [0.2, 0.25) is 5.91 Å². The molecule has 1 atom stereocenters. The molecule has 0 radical (unpaired) electrons. The second-order valence-corrected chi connectivity index (χ2v) is 6.13. The number of piperidine rings is 1. The second kappa shape index (κ2) is 8.20. The van der Waals surface area contributed by atoms with Crippen molar-refractivity contribution in [2.75, 3.05) is 26.7 Å². The van der Waals surface area contributed by atoms with E-state index in [9.17, 15) is 9.59 Å². The van der Waals surface area contributed by atoms with Crippen molar-refractivity contribution in [3.05, 3.63) is 28.8 Å². The zero-order valence-electron chi connectivity index (χ0n) is 13.6. The van der Waals surface area contributed by atoms with Gasteiger partial charge in [-0.15, -0.1) is 0 Å². The summed E-state index contributed by atoms with van der Waals surface area (Å²) in [5.41, 5.74) is 0.462. The maximum absolute atomic E-state index is 12.8. The molecule has 6 heteroatoms. The predicted octanol–water partition coefficient (Wildman–Crippen LogP) is 2.73.